The fourth-order valence-corrected chi connectivity index (χ4v) is 1.73. The van der Waals surface area contributed by atoms with Crippen LogP contribution >= 0.6 is 15.9 Å². The summed E-state index contributed by atoms with van der Waals surface area (Å²) in [7, 11) is 0. The lowest BCUT2D eigenvalue weighted by Gasteiger charge is -2.08. The SMILES string of the molecule is Fc1ccc(F)c(COc2ccc(Br)cc2F)c1. The third-order valence-electron chi connectivity index (χ3n) is 2.28. The first-order chi connectivity index (χ1) is 8.56. The topological polar surface area (TPSA) is 9.23 Å². The number of benzene rings is 2. The highest BCUT2D eigenvalue weighted by Crippen LogP contribution is 2.22. The molecule has 94 valence electrons. The summed E-state index contributed by atoms with van der Waals surface area (Å²) in [5, 5.41) is 0. The van der Waals surface area contributed by atoms with Gasteiger partial charge in [0.1, 0.15) is 18.2 Å². The van der Waals surface area contributed by atoms with E-state index in [1.54, 1.807) is 6.07 Å². The third kappa shape index (κ3) is 3.04. The minimum atomic E-state index is -0.589. The maximum absolute atomic E-state index is 13.4. The van der Waals surface area contributed by atoms with Gasteiger partial charge in [-0.2, -0.15) is 0 Å². The second-order valence-corrected chi connectivity index (χ2v) is 4.51. The predicted octanol–water partition coefficient (Wildman–Crippen LogP) is 4.45. The van der Waals surface area contributed by atoms with Gasteiger partial charge in [0.2, 0.25) is 0 Å². The average molecular weight is 317 g/mol. The number of hydrogen-bond acceptors (Lipinski definition) is 1. The van der Waals surface area contributed by atoms with Gasteiger partial charge in [0.15, 0.2) is 11.6 Å². The van der Waals surface area contributed by atoms with Gasteiger partial charge in [-0.05, 0) is 36.4 Å². The summed E-state index contributed by atoms with van der Waals surface area (Å²) >= 11 is 3.11. The first kappa shape index (κ1) is 13.0. The van der Waals surface area contributed by atoms with Gasteiger partial charge in [-0.15, -0.1) is 0 Å². The quantitative estimate of drug-likeness (QED) is 0.813. The molecule has 0 heterocycles. The molecule has 1 nitrogen and oxygen atoms in total. The van der Waals surface area contributed by atoms with Crippen LogP contribution in [-0.2, 0) is 6.61 Å². The lowest BCUT2D eigenvalue weighted by atomic mass is 10.2. The van der Waals surface area contributed by atoms with Crippen LogP contribution in [0.4, 0.5) is 13.2 Å². The maximum Gasteiger partial charge on any atom is 0.166 e. The lowest BCUT2D eigenvalue weighted by Crippen LogP contribution is -2.00. The van der Waals surface area contributed by atoms with E-state index < -0.39 is 17.5 Å². The fourth-order valence-electron chi connectivity index (χ4n) is 1.40. The van der Waals surface area contributed by atoms with E-state index in [9.17, 15) is 13.2 Å². The normalized spacial score (nSPS) is 10.4. The van der Waals surface area contributed by atoms with Crippen LogP contribution in [0.15, 0.2) is 40.9 Å². The fraction of sp³-hybridized carbons (Fsp3) is 0.0769. The Bertz CT molecular complexity index is 572. The molecule has 0 aliphatic heterocycles. The molecule has 0 saturated carbocycles. The number of hydrogen-bond donors (Lipinski definition) is 0. The molecular weight excluding hydrogens is 309 g/mol. The van der Waals surface area contributed by atoms with Crippen molar-refractivity contribution in [3.63, 3.8) is 0 Å². The zero-order valence-electron chi connectivity index (χ0n) is 9.09. The van der Waals surface area contributed by atoms with Crippen molar-refractivity contribution in [1.29, 1.82) is 0 Å². The number of halogens is 4. The summed E-state index contributed by atoms with van der Waals surface area (Å²) in [6.07, 6.45) is 0. The Kier molecular flexibility index (Phi) is 3.91. The molecule has 0 aliphatic rings. The van der Waals surface area contributed by atoms with Crippen molar-refractivity contribution in [3.05, 3.63) is 63.9 Å². The summed E-state index contributed by atoms with van der Waals surface area (Å²) in [4.78, 5) is 0. The first-order valence-corrected chi connectivity index (χ1v) is 5.87. The Balaban J connectivity index is 2.13. The van der Waals surface area contributed by atoms with E-state index in [0.29, 0.717) is 4.47 Å². The van der Waals surface area contributed by atoms with Crippen molar-refractivity contribution >= 4 is 15.9 Å². The molecule has 18 heavy (non-hydrogen) atoms. The molecule has 2 rings (SSSR count). The van der Waals surface area contributed by atoms with Gasteiger partial charge < -0.3 is 4.74 Å². The van der Waals surface area contributed by atoms with Gasteiger partial charge in [0.05, 0.1) is 0 Å². The van der Waals surface area contributed by atoms with Gasteiger partial charge in [-0.25, -0.2) is 13.2 Å². The molecule has 0 saturated heterocycles. The van der Waals surface area contributed by atoms with Crippen molar-refractivity contribution in [3.8, 4) is 5.75 Å². The molecule has 2 aromatic rings. The van der Waals surface area contributed by atoms with Crippen LogP contribution < -0.4 is 4.74 Å². The van der Waals surface area contributed by atoms with Crippen LogP contribution in [-0.4, -0.2) is 0 Å². The summed E-state index contributed by atoms with van der Waals surface area (Å²) < 4.78 is 45.3. The van der Waals surface area contributed by atoms with Crippen molar-refractivity contribution in [2.45, 2.75) is 6.61 Å². The van der Waals surface area contributed by atoms with Gasteiger partial charge in [0, 0.05) is 10.0 Å². The van der Waals surface area contributed by atoms with Crippen molar-refractivity contribution in [1.82, 2.24) is 0 Å². The molecule has 0 N–H and O–H groups in total. The average Bonchev–Trinajstić information content (AvgIpc) is 2.32. The Labute approximate surface area is 110 Å². The van der Waals surface area contributed by atoms with E-state index in [4.69, 9.17) is 4.74 Å². The Morgan fingerprint density at radius 1 is 0.944 bits per heavy atom. The first-order valence-electron chi connectivity index (χ1n) is 5.08. The molecule has 0 spiro atoms. The van der Waals surface area contributed by atoms with Crippen LogP contribution in [0, 0.1) is 17.5 Å². The Hall–Kier alpha value is -1.49. The summed E-state index contributed by atoms with van der Waals surface area (Å²) in [6, 6.07) is 7.28. The van der Waals surface area contributed by atoms with Gasteiger partial charge in [0.25, 0.3) is 0 Å². The third-order valence-corrected chi connectivity index (χ3v) is 2.78. The van der Waals surface area contributed by atoms with E-state index in [2.05, 4.69) is 15.9 Å². The highest BCUT2D eigenvalue weighted by atomic mass is 79.9. The van der Waals surface area contributed by atoms with Crippen LogP contribution in [0.2, 0.25) is 0 Å². The second kappa shape index (κ2) is 5.44. The minimum absolute atomic E-state index is 0.0122. The van der Waals surface area contributed by atoms with Crippen LogP contribution in [0.1, 0.15) is 5.56 Å². The Morgan fingerprint density at radius 2 is 1.72 bits per heavy atom. The highest BCUT2D eigenvalue weighted by Gasteiger charge is 2.08. The van der Waals surface area contributed by atoms with Crippen LogP contribution in [0.25, 0.3) is 0 Å². The van der Waals surface area contributed by atoms with E-state index in [1.807, 2.05) is 0 Å². The molecule has 0 aromatic heterocycles. The standard InChI is InChI=1S/C13H8BrF3O/c14-9-1-4-13(12(17)6-9)18-7-8-5-10(15)2-3-11(8)16/h1-6H,7H2. The van der Waals surface area contributed by atoms with Crippen LogP contribution in [0.5, 0.6) is 5.75 Å². The molecule has 0 fully saturated rings. The molecule has 0 bridgehead atoms. The number of rotatable bonds is 3. The van der Waals surface area contributed by atoms with Gasteiger partial charge in [-0.1, -0.05) is 15.9 Å². The Morgan fingerprint density at radius 3 is 2.44 bits per heavy atom. The molecule has 2 aromatic carbocycles. The molecular formula is C13H8BrF3O. The molecule has 0 unspecified atom stereocenters. The lowest BCUT2D eigenvalue weighted by molar-refractivity contribution is 0.284. The van der Waals surface area contributed by atoms with E-state index >= 15 is 0 Å². The summed E-state index contributed by atoms with van der Waals surface area (Å²) in [5.41, 5.74) is 0.0392. The summed E-state index contributed by atoms with van der Waals surface area (Å²) in [6.45, 7) is -0.234. The zero-order valence-corrected chi connectivity index (χ0v) is 10.7. The van der Waals surface area contributed by atoms with Crippen molar-refractivity contribution in [2.24, 2.45) is 0 Å². The van der Waals surface area contributed by atoms with Crippen LogP contribution in [0.3, 0.4) is 0 Å². The van der Waals surface area contributed by atoms with Crippen molar-refractivity contribution < 1.29 is 17.9 Å². The monoisotopic (exact) mass is 316 g/mol. The van der Waals surface area contributed by atoms with Gasteiger partial charge in [-0.3, -0.25) is 0 Å². The van der Waals surface area contributed by atoms with E-state index in [0.717, 1.165) is 18.2 Å². The molecule has 0 amide bonds. The van der Waals surface area contributed by atoms with Crippen molar-refractivity contribution in [2.75, 3.05) is 0 Å². The second-order valence-electron chi connectivity index (χ2n) is 3.60. The zero-order chi connectivity index (χ0) is 13.1. The van der Waals surface area contributed by atoms with E-state index in [-0.39, 0.29) is 17.9 Å². The molecule has 0 atom stereocenters. The van der Waals surface area contributed by atoms with E-state index in [1.165, 1.54) is 12.1 Å². The number of ether oxygens (including phenoxy) is 1. The predicted molar refractivity (Wildman–Crippen MR) is 64.8 cm³/mol. The largest absolute Gasteiger partial charge is 0.486 e. The maximum atomic E-state index is 13.4. The minimum Gasteiger partial charge on any atom is -0.486 e. The van der Waals surface area contributed by atoms with Gasteiger partial charge >= 0.3 is 0 Å². The smallest absolute Gasteiger partial charge is 0.166 e. The highest BCUT2D eigenvalue weighted by molar-refractivity contribution is 9.10. The molecule has 5 heteroatoms. The molecule has 0 radical (unpaired) electrons. The summed E-state index contributed by atoms with van der Waals surface area (Å²) in [5.74, 6) is -1.73. The molecule has 0 aliphatic carbocycles.